The smallest absolute Gasteiger partial charge is 0.227 e. The van der Waals surface area contributed by atoms with Crippen LogP contribution in [0.25, 0.3) is 5.69 Å². The second-order valence-electron chi connectivity index (χ2n) is 4.84. The Labute approximate surface area is 117 Å². The van der Waals surface area contributed by atoms with Crippen LogP contribution >= 0.6 is 11.6 Å². The fraction of sp³-hybridized carbons (Fsp3) is 0.267. The van der Waals surface area contributed by atoms with Gasteiger partial charge in [0.05, 0.1) is 0 Å². The molecule has 1 fully saturated rings. The van der Waals surface area contributed by atoms with Gasteiger partial charge >= 0.3 is 0 Å². The second-order valence-corrected chi connectivity index (χ2v) is 5.15. The first-order valence-electron chi connectivity index (χ1n) is 6.37. The van der Waals surface area contributed by atoms with Crippen molar-refractivity contribution < 1.29 is 4.79 Å². The number of benzene rings is 1. The highest BCUT2D eigenvalue weighted by atomic mass is 35.5. The molecule has 0 spiro atoms. The largest absolute Gasteiger partial charge is 0.324 e. The number of hydrogen-bond acceptors (Lipinski definition) is 1. The molecule has 1 aromatic carbocycles. The van der Waals surface area contributed by atoms with Gasteiger partial charge in [-0.25, -0.2) is 0 Å². The minimum Gasteiger partial charge on any atom is -0.324 e. The van der Waals surface area contributed by atoms with E-state index in [-0.39, 0.29) is 11.8 Å². The van der Waals surface area contributed by atoms with Crippen molar-refractivity contribution in [2.45, 2.75) is 6.42 Å². The van der Waals surface area contributed by atoms with Gasteiger partial charge in [-0.05, 0) is 36.2 Å². The average Bonchev–Trinajstić information content (AvgIpc) is 3.08. The van der Waals surface area contributed by atoms with Crippen LogP contribution in [0.1, 0.15) is 6.42 Å². The van der Waals surface area contributed by atoms with Gasteiger partial charge in [0.2, 0.25) is 5.91 Å². The average molecular weight is 275 g/mol. The molecule has 0 radical (unpaired) electrons. The number of anilines is 1. The Hall–Kier alpha value is -1.74. The summed E-state index contributed by atoms with van der Waals surface area (Å²) in [6.45, 7) is 0.720. The Balaban J connectivity index is 1.90. The lowest BCUT2D eigenvalue weighted by atomic mass is 10.1. The third kappa shape index (κ3) is 2.38. The first-order valence-corrected chi connectivity index (χ1v) is 6.91. The fourth-order valence-electron chi connectivity index (χ4n) is 2.46. The first-order chi connectivity index (χ1) is 9.28. The summed E-state index contributed by atoms with van der Waals surface area (Å²) in [5.74, 6) is 0.971. The van der Waals surface area contributed by atoms with E-state index in [0.29, 0.717) is 12.3 Å². The third-order valence-electron chi connectivity index (χ3n) is 3.47. The standard InChI is InChI=1S/C15H15ClN2O/c16-10-12-8-15(19)18(11-12)14-5-3-4-13(9-14)17-6-1-2-7-17/h1-7,9,12H,8,10-11H2. The van der Waals surface area contributed by atoms with Gasteiger partial charge in [-0.2, -0.15) is 0 Å². The van der Waals surface area contributed by atoms with Crippen molar-refractivity contribution in [3.05, 3.63) is 48.8 Å². The van der Waals surface area contributed by atoms with E-state index in [1.54, 1.807) is 0 Å². The van der Waals surface area contributed by atoms with Gasteiger partial charge in [0, 0.05) is 42.6 Å². The van der Waals surface area contributed by atoms with Crippen LogP contribution in [0, 0.1) is 5.92 Å². The SMILES string of the molecule is O=C1CC(CCl)CN1c1cccc(-n2cccc2)c1. The van der Waals surface area contributed by atoms with Gasteiger partial charge in [-0.3, -0.25) is 4.79 Å². The molecule has 1 aliphatic rings. The fourth-order valence-corrected chi connectivity index (χ4v) is 2.67. The van der Waals surface area contributed by atoms with Crippen molar-refractivity contribution in [3.8, 4) is 5.69 Å². The Morgan fingerprint density at radius 3 is 2.58 bits per heavy atom. The van der Waals surface area contributed by atoms with E-state index >= 15 is 0 Å². The molecule has 1 aliphatic heterocycles. The maximum absolute atomic E-state index is 12.0. The number of rotatable bonds is 3. The zero-order valence-corrected chi connectivity index (χ0v) is 11.3. The maximum Gasteiger partial charge on any atom is 0.227 e. The van der Waals surface area contributed by atoms with Crippen LogP contribution in [0.5, 0.6) is 0 Å². The van der Waals surface area contributed by atoms with Crippen LogP contribution in [-0.4, -0.2) is 22.9 Å². The van der Waals surface area contributed by atoms with E-state index in [9.17, 15) is 4.79 Å². The number of nitrogens with zero attached hydrogens (tertiary/aromatic N) is 2. The highest BCUT2D eigenvalue weighted by molar-refractivity contribution is 6.18. The number of carbonyl (C=O) groups excluding carboxylic acids is 1. The first kappa shape index (κ1) is 12.3. The van der Waals surface area contributed by atoms with Crippen LogP contribution in [0.15, 0.2) is 48.8 Å². The molecule has 0 bridgehead atoms. The van der Waals surface area contributed by atoms with Crippen molar-refractivity contribution in [2.24, 2.45) is 5.92 Å². The lowest BCUT2D eigenvalue weighted by Gasteiger charge is -2.17. The van der Waals surface area contributed by atoms with Crippen molar-refractivity contribution in [1.82, 2.24) is 4.57 Å². The maximum atomic E-state index is 12.0. The highest BCUT2D eigenvalue weighted by Crippen LogP contribution is 2.27. The molecular weight excluding hydrogens is 260 g/mol. The van der Waals surface area contributed by atoms with Gasteiger partial charge in [0.1, 0.15) is 0 Å². The van der Waals surface area contributed by atoms with E-state index in [1.807, 2.05) is 58.3 Å². The zero-order valence-electron chi connectivity index (χ0n) is 10.5. The molecular formula is C15H15ClN2O. The van der Waals surface area contributed by atoms with Gasteiger partial charge < -0.3 is 9.47 Å². The van der Waals surface area contributed by atoms with E-state index in [0.717, 1.165) is 17.9 Å². The minimum absolute atomic E-state index is 0.162. The molecule has 1 saturated heterocycles. The number of halogens is 1. The molecule has 1 amide bonds. The van der Waals surface area contributed by atoms with Gasteiger partial charge in [-0.15, -0.1) is 11.6 Å². The topological polar surface area (TPSA) is 25.2 Å². The lowest BCUT2D eigenvalue weighted by molar-refractivity contribution is -0.117. The normalized spacial score (nSPS) is 19.1. The Morgan fingerprint density at radius 1 is 1.16 bits per heavy atom. The molecule has 0 aliphatic carbocycles. The predicted molar refractivity (Wildman–Crippen MR) is 76.9 cm³/mol. The second kappa shape index (κ2) is 5.10. The number of amides is 1. The summed E-state index contributed by atoms with van der Waals surface area (Å²) in [7, 11) is 0. The Kier molecular flexibility index (Phi) is 3.30. The predicted octanol–water partition coefficient (Wildman–Crippen LogP) is 3.07. The molecule has 3 nitrogen and oxygen atoms in total. The third-order valence-corrected chi connectivity index (χ3v) is 3.90. The summed E-state index contributed by atoms with van der Waals surface area (Å²) in [5.41, 5.74) is 2.01. The van der Waals surface area contributed by atoms with E-state index in [4.69, 9.17) is 11.6 Å². The van der Waals surface area contributed by atoms with Crippen LogP contribution in [-0.2, 0) is 4.79 Å². The number of carbonyl (C=O) groups is 1. The van der Waals surface area contributed by atoms with Crippen molar-refractivity contribution in [1.29, 1.82) is 0 Å². The highest BCUT2D eigenvalue weighted by Gasteiger charge is 2.29. The molecule has 1 atom stereocenters. The molecule has 3 rings (SSSR count). The molecule has 0 N–H and O–H groups in total. The van der Waals surface area contributed by atoms with Crippen LogP contribution in [0.4, 0.5) is 5.69 Å². The van der Waals surface area contributed by atoms with E-state index < -0.39 is 0 Å². The quantitative estimate of drug-likeness (QED) is 0.790. The lowest BCUT2D eigenvalue weighted by Crippen LogP contribution is -2.24. The molecule has 1 unspecified atom stereocenters. The van der Waals surface area contributed by atoms with E-state index in [2.05, 4.69) is 0 Å². The van der Waals surface area contributed by atoms with Crippen molar-refractivity contribution in [2.75, 3.05) is 17.3 Å². The van der Waals surface area contributed by atoms with Crippen molar-refractivity contribution >= 4 is 23.2 Å². The Morgan fingerprint density at radius 2 is 1.89 bits per heavy atom. The number of aromatic nitrogens is 1. The summed E-state index contributed by atoms with van der Waals surface area (Å²) in [6.07, 6.45) is 4.54. The number of alkyl halides is 1. The molecule has 2 heterocycles. The molecule has 0 saturated carbocycles. The zero-order chi connectivity index (χ0) is 13.2. The van der Waals surface area contributed by atoms with Gasteiger partial charge in [0.15, 0.2) is 0 Å². The number of hydrogen-bond donors (Lipinski definition) is 0. The molecule has 2 aromatic rings. The minimum atomic E-state index is 0.162. The van der Waals surface area contributed by atoms with Crippen LogP contribution in [0.2, 0.25) is 0 Å². The van der Waals surface area contributed by atoms with Crippen LogP contribution in [0.3, 0.4) is 0 Å². The summed E-state index contributed by atoms with van der Waals surface area (Å²) in [4.78, 5) is 13.8. The van der Waals surface area contributed by atoms with Gasteiger partial charge in [-0.1, -0.05) is 6.07 Å². The van der Waals surface area contributed by atoms with Crippen LogP contribution < -0.4 is 4.90 Å². The monoisotopic (exact) mass is 274 g/mol. The Bertz CT molecular complexity index is 580. The molecule has 4 heteroatoms. The summed E-state index contributed by atoms with van der Waals surface area (Å²) < 4.78 is 2.03. The van der Waals surface area contributed by atoms with Crippen molar-refractivity contribution in [3.63, 3.8) is 0 Å². The summed E-state index contributed by atoms with van der Waals surface area (Å²) in [5, 5.41) is 0. The molecule has 98 valence electrons. The van der Waals surface area contributed by atoms with Gasteiger partial charge in [0.25, 0.3) is 0 Å². The van der Waals surface area contributed by atoms with E-state index in [1.165, 1.54) is 0 Å². The molecule has 1 aromatic heterocycles. The summed E-state index contributed by atoms with van der Waals surface area (Å²) in [6, 6.07) is 12.0. The summed E-state index contributed by atoms with van der Waals surface area (Å²) >= 11 is 5.86. The molecule has 19 heavy (non-hydrogen) atoms.